The molecule has 2 N–H and O–H groups in total. The highest BCUT2D eigenvalue weighted by molar-refractivity contribution is 6.33. The van der Waals surface area contributed by atoms with E-state index in [9.17, 15) is 9.59 Å². The van der Waals surface area contributed by atoms with E-state index < -0.39 is 5.97 Å². The third kappa shape index (κ3) is 2.80. The molecular formula is C12H12ClNO4. The van der Waals surface area contributed by atoms with E-state index in [1.807, 2.05) is 0 Å². The maximum atomic E-state index is 11.8. The molecular weight excluding hydrogens is 258 g/mol. The summed E-state index contributed by atoms with van der Waals surface area (Å²) in [6.45, 7) is 1.02. The van der Waals surface area contributed by atoms with Crippen molar-refractivity contribution in [2.24, 2.45) is 5.92 Å². The number of carbonyl (C=O) groups excluding carboxylic acids is 1. The summed E-state index contributed by atoms with van der Waals surface area (Å²) in [5.41, 5.74) is 0.501. The quantitative estimate of drug-likeness (QED) is 0.880. The van der Waals surface area contributed by atoms with Gasteiger partial charge in [-0.1, -0.05) is 11.6 Å². The third-order valence-electron chi connectivity index (χ3n) is 2.77. The molecule has 1 aromatic carbocycles. The minimum absolute atomic E-state index is 0.0128. The minimum Gasteiger partial charge on any atom is -0.478 e. The zero-order valence-electron chi connectivity index (χ0n) is 9.48. The Kier molecular flexibility index (Phi) is 3.84. The second-order valence-corrected chi connectivity index (χ2v) is 4.46. The summed E-state index contributed by atoms with van der Waals surface area (Å²) < 4.78 is 5.13. The molecule has 0 spiro atoms. The van der Waals surface area contributed by atoms with Crippen molar-refractivity contribution in [3.63, 3.8) is 0 Å². The topological polar surface area (TPSA) is 75.6 Å². The van der Waals surface area contributed by atoms with Crippen LogP contribution >= 0.6 is 11.6 Å². The molecule has 0 aliphatic carbocycles. The minimum atomic E-state index is -1.10. The van der Waals surface area contributed by atoms with Crippen molar-refractivity contribution in [3.8, 4) is 0 Å². The summed E-state index contributed by atoms with van der Waals surface area (Å²) in [5, 5.41) is 11.6. The highest BCUT2D eigenvalue weighted by Crippen LogP contribution is 2.22. The number of ether oxygens (including phenoxy) is 1. The van der Waals surface area contributed by atoms with Crippen LogP contribution in [0.25, 0.3) is 0 Å². The maximum absolute atomic E-state index is 11.8. The number of halogens is 1. The molecule has 6 heteroatoms. The number of anilines is 1. The number of aromatic carboxylic acids is 1. The van der Waals surface area contributed by atoms with E-state index in [0.29, 0.717) is 25.3 Å². The van der Waals surface area contributed by atoms with Crippen LogP contribution in [0.15, 0.2) is 18.2 Å². The van der Waals surface area contributed by atoms with Crippen LogP contribution in [0.4, 0.5) is 5.69 Å². The Morgan fingerprint density at radius 3 is 2.78 bits per heavy atom. The lowest BCUT2D eigenvalue weighted by Crippen LogP contribution is -2.22. The fourth-order valence-electron chi connectivity index (χ4n) is 1.75. The number of rotatable bonds is 3. The number of carboxylic acid groups (broad SMARTS) is 1. The van der Waals surface area contributed by atoms with E-state index in [-0.39, 0.29) is 22.4 Å². The lowest BCUT2D eigenvalue weighted by atomic mass is 10.1. The van der Waals surface area contributed by atoms with E-state index in [1.54, 1.807) is 0 Å². The predicted molar refractivity (Wildman–Crippen MR) is 66.0 cm³/mol. The van der Waals surface area contributed by atoms with Crippen LogP contribution in [0, 0.1) is 5.92 Å². The van der Waals surface area contributed by atoms with Gasteiger partial charge in [-0.3, -0.25) is 4.79 Å². The van der Waals surface area contributed by atoms with Crippen molar-refractivity contribution in [2.45, 2.75) is 6.42 Å². The Balaban J connectivity index is 2.07. The van der Waals surface area contributed by atoms with E-state index in [4.69, 9.17) is 21.4 Å². The molecule has 1 amide bonds. The van der Waals surface area contributed by atoms with Gasteiger partial charge in [-0.05, 0) is 24.6 Å². The van der Waals surface area contributed by atoms with Gasteiger partial charge in [0.15, 0.2) is 0 Å². The monoisotopic (exact) mass is 269 g/mol. The Hall–Kier alpha value is -1.59. The van der Waals surface area contributed by atoms with E-state index in [0.717, 1.165) is 0 Å². The Morgan fingerprint density at radius 2 is 2.22 bits per heavy atom. The zero-order chi connectivity index (χ0) is 13.1. The molecule has 5 nitrogen and oxygen atoms in total. The standard InChI is InChI=1S/C12H12ClNO4/c13-10-5-8(1-2-9(10)12(16)17)14-11(15)7-3-4-18-6-7/h1-2,5,7H,3-4,6H2,(H,14,15)(H,16,17). The van der Waals surface area contributed by atoms with Gasteiger partial charge in [0.1, 0.15) is 0 Å². The molecule has 1 aliphatic heterocycles. The van der Waals surface area contributed by atoms with Crippen LogP contribution in [0.3, 0.4) is 0 Å². The van der Waals surface area contributed by atoms with E-state index in [1.165, 1.54) is 18.2 Å². The lowest BCUT2D eigenvalue weighted by Gasteiger charge is -2.10. The van der Waals surface area contributed by atoms with Gasteiger partial charge in [0.05, 0.1) is 23.1 Å². The number of hydrogen-bond acceptors (Lipinski definition) is 3. The first-order valence-electron chi connectivity index (χ1n) is 5.49. The number of amides is 1. The van der Waals surface area contributed by atoms with Crippen LogP contribution in [0.2, 0.25) is 5.02 Å². The molecule has 2 rings (SSSR count). The molecule has 1 aliphatic rings. The van der Waals surface area contributed by atoms with E-state index >= 15 is 0 Å². The fourth-order valence-corrected chi connectivity index (χ4v) is 2.01. The molecule has 1 unspecified atom stereocenters. The van der Waals surface area contributed by atoms with Gasteiger partial charge in [-0.25, -0.2) is 4.79 Å². The number of hydrogen-bond donors (Lipinski definition) is 2. The van der Waals surface area contributed by atoms with Crippen molar-refractivity contribution < 1.29 is 19.4 Å². The highest BCUT2D eigenvalue weighted by atomic mass is 35.5. The maximum Gasteiger partial charge on any atom is 0.337 e. The predicted octanol–water partition coefficient (Wildman–Crippen LogP) is 2.01. The average Bonchev–Trinajstić information content (AvgIpc) is 2.81. The van der Waals surface area contributed by atoms with Gasteiger partial charge >= 0.3 is 5.97 Å². The smallest absolute Gasteiger partial charge is 0.337 e. The Labute approximate surface area is 109 Å². The largest absolute Gasteiger partial charge is 0.478 e. The molecule has 1 fully saturated rings. The molecule has 0 radical (unpaired) electrons. The van der Waals surface area contributed by atoms with Crippen molar-refractivity contribution in [1.29, 1.82) is 0 Å². The van der Waals surface area contributed by atoms with Gasteiger partial charge in [0, 0.05) is 12.3 Å². The van der Waals surface area contributed by atoms with Crippen molar-refractivity contribution >= 4 is 29.2 Å². The zero-order valence-corrected chi connectivity index (χ0v) is 10.2. The second-order valence-electron chi connectivity index (χ2n) is 4.05. The summed E-state index contributed by atoms with van der Waals surface area (Å²) >= 11 is 5.81. The molecule has 1 heterocycles. The SMILES string of the molecule is O=C(O)c1ccc(NC(=O)C2CCOC2)cc1Cl. The molecule has 96 valence electrons. The first kappa shape index (κ1) is 12.9. The molecule has 0 bridgehead atoms. The van der Waals surface area contributed by atoms with Crippen LogP contribution < -0.4 is 5.32 Å². The second kappa shape index (κ2) is 5.37. The van der Waals surface area contributed by atoms with Gasteiger partial charge in [-0.2, -0.15) is 0 Å². The summed E-state index contributed by atoms with van der Waals surface area (Å²) in [7, 11) is 0. The van der Waals surface area contributed by atoms with Gasteiger partial charge in [-0.15, -0.1) is 0 Å². The number of carboxylic acids is 1. The molecule has 0 aromatic heterocycles. The molecule has 0 saturated carbocycles. The fraction of sp³-hybridized carbons (Fsp3) is 0.333. The first-order chi connectivity index (χ1) is 8.58. The molecule has 1 atom stereocenters. The summed E-state index contributed by atoms with van der Waals surface area (Å²) in [6, 6.07) is 4.31. The average molecular weight is 270 g/mol. The van der Waals surface area contributed by atoms with Crippen molar-refractivity contribution in [1.82, 2.24) is 0 Å². The van der Waals surface area contributed by atoms with Crippen LogP contribution in [0.1, 0.15) is 16.8 Å². The number of benzene rings is 1. The summed E-state index contributed by atoms with van der Waals surface area (Å²) in [4.78, 5) is 22.6. The number of carbonyl (C=O) groups is 2. The first-order valence-corrected chi connectivity index (χ1v) is 5.87. The van der Waals surface area contributed by atoms with E-state index in [2.05, 4.69) is 5.32 Å². The van der Waals surface area contributed by atoms with Crippen molar-refractivity contribution in [3.05, 3.63) is 28.8 Å². The highest BCUT2D eigenvalue weighted by Gasteiger charge is 2.23. The van der Waals surface area contributed by atoms with Gasteiger partial charge < -0.3 is 15.2 Å². The third-order valence-corrected chi connectivity index (χ3v) is 3.08. The summed E-state index contributed by atoms with van der Waals surface area (Å²) in [6.07, 6.45) is 0.701. The lowest BCUT2D eigenvalue weighted by molar-refractivity contribution is -0.119. The summed E-state index contributed by atoms with van der Waals surface area (Å²) in [5.74, 6) is -1.38. The van der Waals surface area contributed by atoms with Crippen LogP contribution in [-0.4, -0.2) is 30.2 Å². The Bertz CT molecular complexity index is 483. The van der Waals surface area contributed by atoms with Gasteiger partial charge in [0.2, 0.25) is 5.91 Å². The van der Waals surface area contributed by atoms with Crippen molar-refractivity contribution in [2.75, 3.05) is 18.5 Å². The normalized spacial score (nSPS) is 18.6. The molecule has 18 heavy (non-hydrogen) atoms. The van der Waals surface area contributed by atoms with Crippen LogP contribution in [-0.2, 0) is 9.53 Å². The number of nitrogens with one attached hydrogen (secondary N) is 1. The van der Waals surface area contributed by atoms with Crippen LogP contribution in [0.5, 0.6) is 0 Å². The Morgan fingerprint density at radius 1 is 1.44 bits per heavy atom. The van der Waals surface area contributed by atoms with Gasteiger partial charge in [0.25, 0.3) is 0 Å². The molecule has 1 saturated heterocycles. The molecule has 1 aromatic rings.